The molecule has 3 rings (SSSR count). The van der Waals surface area contributed by atoms with Crippen LogP contribution in [0.1, 0.15) is 47.7 Å². The van der Waals surface area contributed by atoms with Gasteiger partial charge in [-0.25, -0.2) is 13.6 Å². The fourth-order valence-corrected chi connectivity index (χ4v) is 2.72. The minimum Gasteiger partial charge on any atom is -0.494 e. The molecule has 0 heterocycles. The lowest BCUT2D eigenvalue weighted by atomic mass is 10.1. The van der Waals surface area contributed by atoms with Crippen LogP contribution in [0.2, 0.25) is 0 Å². The van der Waals surface area contributed by atoms with Gasteiger partial charge in [0, 0.05) is 11.1 Å². The first-order chi connectivity index (χ1) is 15.0. The number of esters is 1. The van der Waals surface area contributed by atoms with Crippen LogP contribution in [0.3, 0.4) is 0 Å². The van der Waals surface area contributed by atoms with Crippen molar-refractivity contribution in [1.82, 2.24) is 0 Å². The van der Waals surface area contributed by atoms with E-state index >= 15 is 0 Å². The fourth-order valence-electron chi connectivity index (χ4n) is 2.72. The maximum atomic E-state index is 13.3. The second kappa shape index (κ2) is 10.9. The lowest BCUT2D eigenvalue weighted by Crippen LogP contribution is -2.09. The molecule has 0 atom stereocenters. The van der Waals surface area contributed by atoms with Gasteiger partial charge >= 0.3 is 5.97 Å². The summed E-state index contributed by atoms with van der Waals surface area (Å²) in [5, 5.41) is 0. The standard InChI is InChI=1S/C26H22F2O3/c1-2-3-4-17-30-22-12-7-19(8-13-22)5-6-20-9-14-23(15-10-20)31-26(29)21-11-16-24(27)25(28)18-21/h7-16,18H,2-4,17H2,1H3. The monoisotopic (exact) mass is 420 g/mol. The Morgan fingerprint density at radius 2 is 1.42 bits per heavy atom. The van der Waals surface area contributed by atoms with Crippen LogP contribution in [0.5, 0.6) is 11.5 Å². The van der Waals surface area contributed by atoms with Gasteiger partial charge in [-0.1, -0.05) is 31.6 Å². The number of halogens is 2. The molecule has 0 saturated heterocycles. The molecule has 0 aromatic heterocycles. The van der Waals surface area contributed by atoms with Crippen LogP contribution < -0.4 is 9.47 Å². The van der Waals surface area contributed by atoms with Crippen molar-refractivity contribution in [2.75, 3.05) is 6.61 Å². The van der Waals surface area contributed by atoms with Crippen molar-refractivity contribution in [3.8, 4) is 23.3 Å². The molecule has 0 unspecified atom stereocenters. The van der Waals surface area contributed by atoms with Gasteiger partial charge in [0.2, 0.25) is 0 Å². The lowest BCUT2D eigenvalue weighted by molar-refractivity contribution is 0.0734. The summed E-state index contributed by atoms with van der Waals surface area (Å²) in [7, 11) is 0. The first kappa shape index (κ1) is 22.0. The molecule has 31 heavy (non-hydrogen) atoms. The SMILES string of the molecule is CCCCCOc1ccc(C#Cc2ccc(OC(=O)c3ccc(F)c(F)c3)cc2)cc1. The van der Waals surface area contributed by atoms with Crippen molar-refractivity contribution >= 4 is 5.97 Å². The van der Waals surface area contributed by atoms with Crippen molar-refractivity contribution < 1.29 is 23.0 Å². The van der Waals surface area contributed by atoms with Crippen molar-refractivity contribution in [2.45, 2.75) is 26.2 Å². The zero-order chi connectivity index (χ0) is 22.1. The van der Waals surface area contributed by atoms with Crippen LogP contribution in [0.25, 0.3) is 0 Å². The zero-order valence-corrected chi connectivity index (χ0v) is 17.2. The average molecular weight is 420 g/mol. The summed E-state index contributed by atoms with van der Waals surface area (Å²) < 4.78 is 37.1. The highest BCUT2D eigenvalue weighted by Gasteiger charge is 2.12. The second-order valence-corrected chi connectivity index (χ2v) is 6.87. The predicted molar refractivity (Wildman–Crippen MR) is 115 cm³/mol. The summed E-state index contributed by atoms with van der Waals surface area (Å²) in [5.41, 5.74) is 1.53. The van der Waals surface area contributed by atoms with E-state index in [0.29, 0.717) is 6.61 Å². The first-order valence-electron chi connectivity index (χ1n) is 10.1. The largest absolute Gasteiger partial charge is 0.494 e. The third-order valence-electron chi connectivity index (χ3n) is 4.44. The smallest absolute Gasteiger partial charge is 0.343 e. The molecule has 0 N–H and O–H groups in total. The molecule has 0 saturated carbocycles. The van der Waals surface area contributed by atoms with Crippen LogP contribution in [0, 0.1) is 23.5 Å². The number of rotatable bonds is 7. The Labute approximate surface area is 180 Å². The molecule has 0 fully saturated rings. The Morgan fingerprint density at radius 3 is 2.00 bits per heavy atom. The highest BCUT2D eigenvalue weighted by Crippen LogP contribution is 2.16. The van der Waals surface area contributed by atoms with Gasteiger partial charge in [0.15, 0.2) is 11.6 Å². The molecule has 3 aromatic rings. The van der Waals surface area contributed by atoms with Crippen molar-refractivity contribution in [1.29, 1.82) is 0 Å². The Balaban J connectivity index is 1.56. The number of carbonyl (C=O) groups is 1. The number of unbranched alkanes of at least 4 members (excludes halogenated alkanes) is 2. The van der Waals surface area contributed by atoms with E-state index in [1.807, 2.05) is 24.3 Å². The minimum atomic E-state index is -1.10. The van der Waals surface area contributed by atoms with Gasteiger partial charge in [-0.15, -0.1) is 0 Å². The quantitative estimate of drug-likeness (QED) is 0.199. The van der Waals surface area contributed by atoms with Gasteiger partial charge < -0.3 is 9.47 Å². The maximum absolute atomic E-state index is 13.3. The number of carbonyl (C=O) groups excluding carboxylic acids is 1. The zero-order valence-electron chi connectivity index (χ0n) is 17.2. The van der Waals surface area contributed by atoms with E-state index in [9.17, 15) is 13.6 Å². The van der Waals surface area contributed by atoms with E-state index in [2.05, 4.69) is 18.8 Å². The van der Waals surface area contributed by atoms with Crippen LogP contribution in [-0.2, 0) is 0 Å². The Kier molecular flexibility index (Phi) is 7.78. The first-order valence-corrected chi connectivity index (χ1v) is 10.1. The Morgan fingerprint density at radius 1 is 0.806 bits per heavy atom. The highest BCUT2D eigenvalue weighted by atomic mass is 19.2. The summed E-state index contributed by atoms with van der Waals surface area (Å²) >= 11 is 0. The molecule has 0 bridgehead atoms. The van der Waals surface area contributed by atoms with Crippen molar-refractivity contribution in [3.05, 3.63) is 95.1 Å². The Bertz CT molecular complexity index is 1080. The van der Waals surface area contributed by atoms with E-state index in [0.717, 1.165) is 48.3 Å². The molecular formula is C26H22F2O3. The predicted octanol–water partition coefficient (Wildman–Crippen LogP) is 6.15. The second-order valence-electron chi connectivity index (χ2n) is 6.87. The van der Waals surface area contributed by atoms with Crippen LogP contribution in [0.15, 0.2) is 66.7 Å². The molecule has 0 aliphatic heterocycles. The molecule has 0 spiro atoms. The lowest BCUT2D eigenvalue weighted by Gasteiger charge is -2.05. The van der Waals surface area contributed by atoms with E-state index in [-0.39, 0.29) is 11.3 Å². The van der Waals surface area contributed by atoms with Crippen LogP contribution in [-0.4, -0.2) is 12.6 Å². The third-order valence-corrected chi connectivity index (χ3v) is 4.44. The molecule has 0 aliphatic carbocycles. The molecule has 0 amide bonds. The third kappa shape index (κ3) is 6.68. The summed E-state index contributed by atoms with van der Waals surface area (Å²) in [6.07, 6.45) is 3.37. The number of hydrogen-bond donors (Lipinski definition) is 0. The molecule has 5 heteroatoms. The summed E-state index contributed by atoms with van der Waals surface area (Å²) in [6.45, 7) is 2.87. The van der Waals surface area contributed by atoms with E-state index in [4.69, 9.17) is 9.47 Å². The van der Waals surface area contributed by atoms with Crippen LogP contribution in [0.4, 0.5) is 8.78 Å². The Hall–Kier alpha value is -3.65. The molecular weight excluding hydrogens is 398 g/mol. The van der Waals surface area contributed by atoms with Gasteiger partial charge in [0.05, 0.1) is 12.2 Å². The van der Waals surface area contributed by atoms with Crippen molar-refractivity contribution in [3.63, 3.8) is 0 Å². The maximum Gasteiger partial charge on any atom is 0.343 e. The van der Waals surface area contributed by atoms with Gasteiger partial charge in [-0.2, -0.15) is 0 Å². The summed E-state index contributed by atoms with van der Waals surface area (Å²) in [6, 6.07) is 17.1. The summed E-state index contributed by atoms with van der Waals surface area (Å²) in [5.74, 6) is 4.34. The van der Waals surface area contributed by atoms with E-state index < -0.39 is 17.6 Å². The highest BCUT2D eigenvalue weighted by molar-refractivity contribution is 5.91. The van der Waals surface area contributed by atoms with Gasteiger partial charge in [-0.05, 0) is 73.2 Å². The van der Waals surface area contributed by atoms with Gasteiger partial charge in [0.25, 0.3) is 0 Å². The molecule has 0 radical (unpaired) electrons. The number of benzene rings is 3. The van der Waals surface area contributed by atoms with Crippen molar-refractivity contribution in [2.24, 2.45) is 0 Å². The number of ether oxygens (including phenoxy) is 2. The molecule has 0 aliphatic rings. The summed E-state index contributed by atoms with van der Waals surface area (Å²) in [4.78, 5) is 12.0. The van der Waals surface area contributed by atoms with E-state index in [1.54, 1.807) is 24.3 Å². The van der Waals surface area contributed by atoms with E-state index in [1.165, 1.54) is 6.07 Å². The fraction of sp³-hybridized carbons (Fsp3) is 0.192. The molecule has 158 valence electrons. The molecule has 3 aromatic carbocycles. The number of hydrogen-bond acceptors (Lipinski definition) is 3. The topological polar surface area (TPSA) is 35.5 Å². The van der Waals surface area contributed by atoms with Gasteiger partial charge in [-0.3, -0.25) is 0 Å². The molecule has 3 nitrogen and oxygen atoms in total. The average Bonchev–Trinajstić information content (AvgIpc) is 2.79. The minimum absolute atomic E-state index is 0.0689. The van der Waals surface area contributed by atoms with Gasteiger partial charge in [0.1, 0.15) is 11.5 Å². The van der Waals surface area contributed by atoms with Crippen LogP contribution >= 0.6 is 0 Å². The normalized spacial score (nSPS) is 10.2.